The number of nitriles is 1. The Bertz CT molecular complexity index is 2080. The molecule has 1 amide bonds. The molecule has 3 fully saturated rings. The number of carbonyl (C=O) groups is 1. The first-order valence-corrected chi connectivity index (χ1v) is 18.1. The highest BCUT2D eigenvalue weighted by Gasteiger charge is 2.45. The van der Waals surface area contributed by atoms with Crippen LogP contribution in [-0.2, 0) is 9.53 Å². The van der Waals surface area contributed by atoms with Gasteiger partial charge in [0.2, 0.25) is 0 Å². The number of rotatable bonds is 7. The maximum Gasteiger partial charge on any atom is 0.319 e. The van der Waals surface area contributed by atoms with Gasteiger partial charge in [-0.1, -0.05) is 17.7 Å². The van der Waals surface area contributed by atoms with Crippen LogP contribution >= 0.6 is 22.9 Å². The summed E-state index contributed by atoms with van der Waals surface area (Å²) in [5.41, 5.74) is 6.09. The number of ether oxygens (including phenoxy) is 3. The van der Waals surface area contributed by atoms with Crippen LogP contribution < -0.4 is 20.1 Å². The highest BCUT2D eigenvalue weighted by Crippen LogP contribution is 2.51. The average molecular weight is 724 g/mol. The Balaban J connectivity index is 1.30. The van der Waals surface area contributed by atoms with Crippen LogP contribution in [0.3, 0.4) is 0 Å². The number of aromatic nitrogens is 2. The van der Waals surface area contributed by atoms with E-state index in [1.165, 1.54) is 19.2 Å². The number of amides is 1. The van der Waals surface area contributed by atoms with Gasteiger partial charge in [-0.25, -0.2) is 8.78 Å². The molecule has 0 radical (unpaired) electrons. The molecule has 50 heavy (non-hydrogen) atoms. The Hall–Kier alpha value is -4.03. The topological polar surface area (TPSA) is 130 Å². The molecular formula is C35H36ClF2N7O4S. The maximum atomic E-state index is 17.3. The molecule has 4 aliphatic rings. The highest BCUT2D eigenvalue weighted by molar-refractivity contribution is 7.23. The van der Waals surface area contributed by atoms with E-state index in [0.29, 0.717) is 38.5 Å². The minimum absolute atomic E-state index is 0.0197. The summed E-state index contributed by atoms with van der Waals surface area (Å²) in [6.07, 6.45) is 4.24. The van der Waals surface area contributed by atoms with E-state index in [0.717, 1.165) is 50.1 Å². The van der Waals surface area contributed by atoms with Gasteiger partial charge in [0, 0.05) is 37.2 Å². The van der Waals surface area contributed by atoms with Crippen molar-refractivity contribution in [3.05, 3.63) is 34.4 Å². The molecule has 2 aromatic carbocycles. The van der Waals surface area contributed by atoms with Crippen LogP contribution in [0, 0.1) is 23.0 Å². The molecule has 4 aromatic rings. The van der Waals surface area contributed by atoms with Crippen molar-refractivity contribution in [2.24, 2.45) is 0 Å². The van der Waals surface area contributed by atoms with E-state index >= 15 is 8.78 Å². The van der Waals surface area contributed by atoms with E-state index in [4.69, 9.17) is 36.5 Å². The Morgan fingerprint density at radius 3 is 2.74 bits per heavy atom. The zero-order chi connectivity index (χ0) is 34.9. The van der Waals surface area contributed by atoms with Crippen molar-refractivity contribution < 1.29 is 27.8 Å². The lowest BCUT2D eigenvalue weighted by Gasteiger charge is -2.32. The molecule has 4 aliphatic heterocycles. The Labute approximate surface area is 296 Å². The summed E-state index contributed by atoms with van der Waals surface area (Å²) in [4.78, 5) is 28.9. The summed E-state index contributed by atoms with van der Waals surface area (Å²) in [7, 11) is 1.51. The predicted octanol–water partition coefficient (Wildman–Crippen LogP) is 5.74. The van der Waals surface area contributed by atoms with Gasteiger partial charge in [0.25, 0.3) is 5.91 Å². The standard InChI is InChI=1S/C35H36ClF2N7O4S/c1-18(47-2)33(46)43-12-7-19(16-43)45-13-14-48-29-25-28(41-34(42-32(25)45)49-17-35-8-3-10-44(35)11-4-9-35)27(38)24(26(29)36)20-5-6-22(37)30-23(20)21(15-39)31(40)50-30/h5-6,18-19H,3-4,7-14,16-17,40H2,1-2H3/t18-,19?/m1/s1. The fourth-order valence-electron chi connectivity index (χ4n) is 8.31. The zero-order valence-corrected chi connectivity index (χ0v) is 29.3. The summed E-state index contributed by atoms with van der Waals surface area (Å²) in [5, 5.41) is 10.5. The molecule has 6 heterocycles. The molecule has 1 unspecified atom stereocenters. The number of nitrogens with zero attached hydrogens (tertiary/aromatic N) is 6. The fourth-order valence-corrected chi connectivity index (χ4v) is 9.59. The second-order valence-corrected chi connectivity index (χ2v) is 14.9. The van der Waals surface area contributed by atoms with Crippen molar-refractivity contribution in [2.45, 2.75) is 56.7 Å². The third-order valence-corrected chi connectivity index (χ3v) is 12.3. The lowest BCUT2D eigenvalue weighted by molar-refractivity contribution is -0.139. The number of carbonyl (C=O) groups excluding carboxylic acids is 1. The van der Waals surface area contributed by atoms with Crippen molar-refractivity contribution in [1.29, 1.82) is 5.26 Å². The summed E-state index contributed by atoms with van der Waals surface area (Å²) in [6.45, 7) is 5.61. The molecule has 11 nitrogen and oxygen atoms in total. The number of methoxy groups -OCH3 is 1. The second kappa shape index (κ2) is 12.6. The molecule has 3 saturated heterocycles. The third kappa shape index (κ3) is 5.12. The Kier molecular flexibility index (Phi) is 8.37. The van der Waals surface area contributed by atoms with E-state index in [1.54, 1.807) is 11.8 Å². The molecule has 0 spiro atoms. The van der Waals surface area contributed by atoms with Gasteiger partial charge in [-0.3, -0.25) is 9.69 Å². The van der Waals surface area contributed by atoms with Crippen LogP contribution in [0.2, 0.25) is 5.02 Å². The SMILES string of the molecule is CO[C@H](C)C(=O)N1CCC(N2CCOc3c(Cl)c(-c4ccc(F)c5sc(N)c(C#N)c45)c(F)c4nc(OCC56CCCN5CCC6)nc2c34)C1. The number of halogens is 3. The van der Waals surface area contributed by atoms with Crippen LogP contribution in [0.5, 0.6) is 11.8 Å². The van der Waals surface area contributed by atoms with Crippen molar-refractivity contribution in [2.75, 3.05) is 63.7 Å². The number of anilines is 2. The summed E-state index contributed by atoms with van der Waals surface area (Å²) < 4.78 is 50.4. The lowest BCUT2D eigenvalue weighted by Crippen LogP contribution is -2.44. The molecule has 2 atom stereocenters. The lowest BCUT2D eigenvalue weighted by atomic mass is 9.95. The van der Waals surface area contributed by atoms with Gasteiger partial charge in [-0.2, -0.15) is 15.2 Å². The molecule has 2 N–H and O–H groups in total. The molecule has 0 bridgehead atoms. The van der Waals surface area contributed by atoms with E-state index in [2.05, 4.69) is 9.88 Å². The minimum atomic E-state index is -0.784. The third-order valence-electron chi connectivity index (χ3n) is 10.9. The van der Waals surface area contributed by atoms with E-state index < -0.39 is 17.7 Å². The summed E-state index contributed by atoms with van der Waals surface area (Å²) in [6, 6.07) is 4.52. The smallest absolute Gasteiger partial charge is 0.319 e. The molecule has 15 heteroatoms. The van der Waals surface area contributed by atoms with Crippen LogP contribution in [0.25, 0.3) is 32.1 Å². The Morgan fingerprint density at radius 2 is 2.00 bits per heavy atom. The summed E-state index contributed by atoms with van der Waals surface area (Å²) in [5.74, 6) is -0.895. The first kappa shape index (κ1) is 33.1. The van der Waals surface area contributed by atoms with Crippen LogP contribution in [0.1, 0.15) is 44.6 Å². The molecule has 0 aliphatic carbocycles. The van der Waals surface area contributed by atoms with E-state index in [1.807, 2.05) is 11.0 Å². The van der Waals surface area contributed by atoms with Gasteiger partial charge in [0.1, 0.15) is 47.5 Å². The van der Waals surface area contributed by atoms with Crippen LogP contribution in [0.4, 0.5) is 19.6 Å². The number of hydrogen-bond acceptors (Lipinski definition) is 11. The number of benzene rings is 2. The van der Waals surface area contributed by atoms with Crippen molar-refractivity contribution in [3.63, 3.8) is 0 Å². The van der Waals surface area contributed by atoms with Crippen LogP contribution in [-0.4, -0.2) is 96.4 Å². The molecule has 8 rings (SSSR count). The molecule has 2 aromatic heterocycles. The predicted molar refractivity (Wildman–Crippen MR) is 187 cm³/mol. The number of fused-ring (bicyclic) bond motifs is 2. The minimum Gasteiger partial charge on any atom is -0.489 e. The fraction of sp³-hybridized carbons (Fsp3) is 0.486. The second-order valence-electron chi connectivity index (χ2n) is 13.5. The number of thiophene rings is 1. The monoisotopic (exact) mass is 723 g/mol. The normalized spacial score (nSPS) is 20.6. The van der Waals surface area contributed by atoms with Gasteiger partial charge < -0.3 is 29.7 Å². The number of likely N-dealkylation sites (tertiary alicyclic amines) is 1. The van der Waals surface area contributed by atoms with E-state index in [9.17, 15) is 10.1 Å². The van der Waals surface area contributed by atoms with E-state index in [-0.39, 0.29) is 83.6 Å². The number of hydrogen-bond donors (Lipinski definition) is 1. The number of nitrogens with two attached hydrogens (primary N) is 1. The molecule has 262 valence electrons. The largest absolute Gasteiger partial charge is 0.489 e. The van der Waals surface area contributed by atoms with Gasteiger partial charge in [0.15, 0.2) is 11.6 Å². The first-order chi connectivity index (χ1) is 24.2. The molecule has 0 saturated carbocycles. The highest BCUT2D eigenvalue weighted by atomic mass is 35.5. The quantitative estimate of drug-likeness (QED) is 0.252. The molecular weight excluding hydrogens is 688 g/mol. The van der Waals surface area contributed by atoms with Gasteiger partial charge in [0.05, 0.1) is 32.8 Å². The van der Waals surface area contributed by atoms with Gasteiger partial charge >= 0.3 is 6.01 Å². The zero-order valence-electron chi connectivity index (χ0n) is 27.7. The van der Waals surface area contributed by atoms with Crippen LogP contribution in [0.15, 0.2) is 12.1 Å². The van der Waals surface area contributed by atoms with Crippen molar-refractivity contribution in [3.8, 4) is 29.0 Å². The van der Waals surface area contributed by atoms with Gasteiger partial charge in [-0.05, 0) is 63.7 Å². The maximum absolute atomic E-state index is 17.3. The van der Waals surface area contributed by atoms with Crippen molar-refractivity contribution >= 4 is 60.7 Å². The van der Waals surface area contributed by atoms with Crippen molar-refractivity contribution in [1.82, 2.24) is 19.8 Å². The number of nitrogen functional groups attached to an aromatic ring is 1. The summed E-state index contributed by atoms with van der Waals surface area (Å²) >= 11 is 7.99. The van der Waals surface area contributed by atoms with Gasteiger partial charge in [-0.15, -0.1) is 11.3 Å². The first-order valence-electron chi connectivity index (χ1n) is 16.9. The average Bonchev–Trinajstić information content (AvgIpc) is 3.89. The Morgan fingerprint density at radius 1 is 1.22 bits per heavy atom.